The first-order valence-corrected chi connectivity index (χ1v) is 10.2. The summed E-state index contributed by atoms with van der Waals surface area (Å²) in [6, 6.07) is 4.31. The summed E-state index contributed by atoms with van der Waals surface area (Å²) < 4.78 is 29.3. The van der Waals surface area contributed by atoms with E-state index in [0.29, 0.717) is 22.4 Å². The molecule has 10 heteroatoms. The van der Waals surface area contributed by atoms with Crippen molar-refractivity contribution in [1.29, 1.82) is 0 Å². The third-order valence-corrected chi connectivity index (χ3v) is 6.04. The van der Waals surface area contributed by atoms with E-state index < -0.39 is 21.8 Å². The van der Waals surface area contributed by atoms with E-state index in [4.69, 9.17) is 10.5 Å². The normalized spacial score (nSPS) is 12.7. The lowest BCUT2D eigenvalue weighted by Crippen LogP contribution is -2.44. The van der Waals surface area contributed by atoms with Crippen molar-refractivity contribution in [2.75, 3.05) is 12.9 Å². The smallest absolute Gasteiger partial charge is 0.239 e. The minimum absolute atomic E-state index is 0.0519. The Morgan fingerprint density at radius 1 is 1.40 bits per heavy atom. The van der Waals surface area contributed by atoms with E-state index in [1.807, 2.05) is 0 Å². The number of carbonyl (C=O) groups is 2. The highest BCUT2D eigenvalue weighted by molar-refractivity contribution is 7.92. The number of thiazole rings is 1. The first-order chi connectivity index (χ1) is 11.7. The lowest BCUT2D eigenvalue weighted by atomic mass is 10.2. The molecular formula is C15H19N3O5S2. The van der Waals surface area contributed by atoms with Crippen LogP contribution in [0.5, 0.6) is 5.75 Å². The molecule has 0 aliphatic rings. The second kappa shape index (κ2) is 7.79. The number of aromatic nitrogens is 1. The molecule has 0 bridgehead atoms. The molecule has 2 aromatic rings. The molecule has 0 radical (unpaired) electrons. The van der Waals surface area contributed by atoms with Crippen LogP contribution in [0, 0.1) is 0 Å². The average Bonchev–Trinajstić information content (AvgIpc) is 2.95. The standard InChI is InChI=1S/C15H19N3O5S2/c1-3-10(14(16)20)17-13(19)6-7-23-9-4-5-11-12(8-9)24-15(18-11)25(2,21)22/h4-5,8,10H,3,6-7H2,1-2H3,(H2,16,20)(H,17,19). The molecule has 0 spiro atoms. The van der Waals surface area contributed by atoms with E-state index in [9.17, 15) is 18.0 Å². The molecule has 0 aliphatic carbocycles. The Balaban J connectivity index is 1.95. The molecule has 8 nitrogen and oxygen atoms in total. The molecule has 1 atom stereocenters. The third kappa shape index (κ3) is 5.13. The number of nitrogens with two attached hydrogens (primary N) is 1. The predicted molar refractivity (Wildman–Crippen MR) is 94.3 cm³/mol. The number of rotatable bonds is 8. The van der Waals surface area contributed by atoms with E-state index in [1.165, 1.54) is 0 Å². The maximum absolute atomic E-state index is 11.8. The zero-order chi connectivity index (χ0) is 18.6. The van der Waals surface area contributed by atoms with Crippen LogP contribution in [0.2, 0.25) is 0 Å². The Morgan fingerprint density at radius 2 is 2.12 bits per heavy atom. The molecule has 1 heterocycles. The van der Waals surface area contributed by atoms with E-state index in [1.54, 1.807) is 25.1 Å². The fourth-order valence-corrected chi connectivity index (χ4v) is 3.90. The monoisotopic (exact) mass is 385 g/mol. The van der Waals surface area contributed by atoms with Gasteiger partial charge in [0.15, 0.2) is 0 Å². The molecule has 25 heavy (non-hydrogen) atoms. The van der Waals surface area contributed by atoms with Crippen LogP contribution in [0.4, 0.5) is 0 Å². The van der Waals surface area contributed by atoms with Gasteiger partial charge in [-0.25, -0.2) is 13.4 Å². The van der Waals surface area contributed by atoms with Gasteiger partial charge in [-0.1, -0.05) is 6.92 Å². The van der Waals surface area contributed by atoms with Gasteiger partial charge in [0, 0.05) is 6.26 Å². The Bertz CT molecular complexity index is 892. The molecule has 0 saturated heterocycles. The van der Waals surface area contributed by atoms with E-state index in [-0.39, 0.29) is 23.3 Å². The zero-order valence-electron chi connectivity index (χ0n) is 13.8. The van der Waals surface area contributed by atoms with Gasteiger partial charge < -0.3 is 15.8 Å². The predicted octanol–water partition coefficient (Wildman–Crippen LogP) is 0.849. The van der Waals surface area contributed by atoms with Crippen LogP contribution >= 0.6 is 11.3 Å². The number of fused-ring (bicyclic) bond motifs is 1. The van der Waals surface area contributed by atoms with Gasteiger partial charge in [0.25, 0.3) is 0 Å². The van der Waals surface area contributed by atoms with Gasteiger partial charge in [0.2, 0.25) is 26.0 Å². The zero-order valence-corrected chi connectivity index (χ0v) is 15.4. The second-order valence-corrected chi connectivity index (χ2v) is 8.63. The number of nitrogens with one attached hydrogen (secondary N) is 1. The van der Waals surface area contributed by atoms with E-state index >= 15 is 0 Å². The Labute approximate surface area is 149 Å². The minimum atomic E-state index is -3.35. The number of carbonyl (C=O) groups excluding carboxylic acids is 2. The van der Waals surface area contributed by atoms with Crippen LogP contribution < -0.4 is 15.8 Å². The number of ether oxygens (including phenoxy) is 1. The van der Waals surface area contributed by atoms with Crippen LogP contribution in [0.25, 0.3) is 10.2 Å². The number of benzene rings is 1. The lowest BCUT2D eigenvalue weighted by Gasteiger charge is -2.13. The highest BCUT2D eigenvalue weighted by atomic mass is 32.2. The molecule has 1 unspecified atom stereocenters. The maximum atomic E-state index is 11.8. The van der Waals surface area contributed by atoms with Gasteiger partial charge >= 0.3 is 0 Å². The first kappa shape index (κ1) is 19.1. The third-order valence-electron chi connectivity index (χ3n) is 3.34. The quantitative estimate of drug-likeness (QED) is 0.693. The van der Waals surface area contributed by atoms with Crippen molar-refractivity contribution in [1.82, 2.24) is 10.3 Å². The average molecular weight is 385 g/mol. The second-order valence-electron chi connectivity index (χ2n) is 5.41. The van der Waals surface area contributed by atoms with Gasteiger partial charge in [0.1, 0.15) is 11.8 Å². The van der Waals surface area contributed by atoms with Crippen LogP contribution in [-0.2, 0) is 19.4 Å². The van der Waals surface area contributed by atoms with Crippen LogP contribution in [0.15, 0.2) is 22.5 Å². The molecule has 1 aromatic carbocycles. The van der Waals surface area contributed by atoms with Gasteiger partial charge in [0.05, 0.1) is 23.2 Å². The highest BCUT2D eigenvalue weighted by Crippen LogP contribution is 2.28. The minimum Gasteiger partial charge on any atom is -0.493 e. The molecule has 3 N–H and O–H groups in total. The molecule has 0 saturated carbocycles. The number of nitrogens with zero attached hydrogens (tertiary/aromatic N) is 1. The van der Waals surface area contributed by atoms with Crippen molar-refractivity contribution in [2.24, 2.45) is 5.73 Å². The summed E-state index contributed by atoms with van der Waals surface area (Å²) in [6.07, 6.45) is 1.60. The number of amides is 2. The van der Waals surface area contributed by atoms with E-state index in [0.717, 1.165) is 17.6 Å². The van der Waals surface area contributed by atoms with Gasteiger partial charge in [-0.05, 0) is 24.6 Å². The summed E-state index contributed by atoms with van der Waals surface area (Å²) in [5.41, 5.74) is 5.74. The first-order valence-electron chi connectivity index (χ1n) is 7.53. The van der Waals surface area contributed by atoms with Crippen LogP contribution in [0.3, 0.4) is 0 Å². The number of primary amides is 1. The van der Waals surface area contributed by atoms with Gasteiger partial charge in [-0.3, -0.25) is 9.59 Å². The Hall–Kier alpha value is -2.20. The fraction of sp³-hybridized carbons (Fsp3) is 0.400. The summed E-state index contributed by atoms with van der Waals surface area (Å²) in [5.74, 6) is -0.399. The topological polar surface area (TPSA) is 128 Å². The van der Waals surface area contributed by atoms with Crippen molar-refractivity contribution in [2.45, 2.75) is 30.1 Å². The number of hydrogen-bond acceptors (Lipinski definition) is 7. The van der Waals surface area contributed by atoms with E-state index in [2.05, 4.69) is 10.3 Å². The summed E-state index contributed by atoms with van der Waals surface area (Å²) in [5, 5.41) is 2.53. The van der Waals surface area contributed by atoms with Crippen LogP contribution in [0.1, 0.15) is 19.8 Å². The molecule has 0 fully saturated rings. The molecule has 136 valence electrons. The number of sulfone groups is 1. The molecule has 1 aromatic heterocycles. The van der Waals surface area contributed by atoms with Crippen LogP contribution in [-0.4, -0.2) is 44.1 Å². The SMILES string of the molecule is CCC(NC(=O)CCOc1ccc2nc(S(C)(=O)=O)sc2c1)C(N)=O. The summed E-state index contributed by atoms with van der Waals surface area (Å²) in [4.78, 5) is 26.9. The number of hydrogen-bond donors (Lipinski definition) is 2. The highest BCUT2D eigenvalue weighted by Gasteiger charge is 2.16. The van der Waals surface area contributed by atoms with Gasteiger partial charge in [-0.15, -0.1) is 11.3 Å². The van der Waals surface area contributed by atoms with Gasteiger partial charge in [-0.2, -0.15) is 0 Å². The maximum Gasteiger partial charge on any atom is 0.239 e. The molecule has 0 aliphatic heterocycles. The molecular weight excluding hydrogens is 366 g/mol. The van der Waals surface area contributed by atoms with Crippen molar-refractivity contribution in [3.8, 4) is 5.75 Å². The Morgan fingerprint density at radius 3 is 2.72 bits per heavy atom. The van der Waals surface area contributed by atoms with Crippen molar-refractivity contribution in [3.63, 3.8) is 0 Å². The molecule has 2 amide bonds. The molecule has 2 rings (SSSR count). The lowest BCUT2D eigenvalue weighted by molar-refractivity contribution is -0.127. The van der Waals surface area contributed by atoms with Crippen molar-refractivity contribution < 1.29 is 22.7 Å². The largest absolute Gasteiger partial charge is 0.493 e. The summed E-state index contributed by atoms with van der Waals surface area (Å²) in [6.45, 7) is 1.87. The van der Waals surface area contributed by atoms with Crippen molar-refractivity contribution in [3.05, 3.63) is 18.2 Å². The summed E-state index contributed by atoms with van der Waals surface area (Å²) in [7, 11) is -3.35. The fourth-order valence-electron chi connectivity index (χ4n) is 2.03. The Kier molecular flexibility index (Phi) is 5.96. The summed E-state index contributed by atoms with van der Waals surface area (Å²) >= 11 is 1.06. The van der Waals surface area contributed by atoms with Crippen molar-refractivity contribution >= 4 is 43.2 Å².